The van der Waals surface area contributed by atoms with Gasteiger partial charge in [0.2, 0.25) is 0 Å². The van der Waals surface area contributed by atoms with Gasteiger partial charge in [0.05, 0.1) is 0 Å². The summed E-state index contributed by atoms with van der Waals surface area (Å²) in [6.07, 6.45) is 0. The SMILES string of the molecule is NP.c1ccc2c(-c3cccc4ccccc34)cccc2c1. The van der Waals surface area contributed by atoms with E-state index in [-0.39, 0.29) is 0 Å². The number of hydrogen-bond donors (Lipinski definition) is 1. The lowest BCUT2D eigenvalue weighted by atomic mass is 9.94. The molecule has 0 aromatic heterocycles. The molecule has 2 heteroatoms. The van der Waals surface area contributed by atoms with E-state index in [1.165, 1.54) is 32.7 Å². The van der Waals surface area contributed by atoms with E-state index in [9.17, 15) is 0 Å². The van der Waals surface area contributed by atoms with Crippen molar-refractivity contribution in [1.82, 2.24) is 0 Å². The van der Waals surface area contributed by atoms with Gasteiger partial charge in [-0.25, -0.2) is 0 Å². The fourth-order valence-corrected chi connectivity index (χ4v) is 2.92. The first kappa shape index (κ1) is 14.7. The van der Waals surface area contributed by atoms with Crippen LogP contribution in [0.1, 0.15) is 0 Å². The van der Waals surface area contributed by atoms with Gasteiger partial charge in [0.15, 0.2) is 0 Å². The molecule has 0 amide bonds. The molecule has 0 aliphatic rings. The third kappa shape index (κ3) is 2.62. The quantitative estimate of drug-likeness (QED) is 0.468. The van der Waals surface area contributed by atoms with Gasteiger partial charge < -0.3 is 5.50 Å². The summed E-state index contributed by atoms with van der Waals surface area (Å²) in [4.78, 5) is 0. The Morgan fingerprint density at radius 2 is 0.818 bits per heavy atom. The first-order valence-corrected chi connectivity index (χ1v) is 7.89. The molecule has 0 bridgehead atoms. The molecule has 0 aliphatic heterocycles. The largest absolute Gasteiger partial charge is 0.314 e. The van der Waals surface area contributed by atoms with E-state index >= 15 is 0 Å². The van der Waals surface area contributed by atoms with Crippen molar-refractivity contribution in [3.63, 3.8) is 0 Å². The monoisotopic (exact) mass is 303 g/mol. The van der Waals surface area contributed by atoms with Crippen LogP contribution in [0, 0.1) is 0 Å². The number of nitrogens with two attached hydrogens (primary N) is 1. The van der Waals surface area contributed by atoms with Gasteiger partial charge in [0.25, 0.3) is 0 Å². The lowest BCUT2D eigenvalue weighted by molar-refractivity contribution is 1.68. The standard InChI is InChI=1S/C20H14.H4NP/c1-3-11-17-15(7-1)9-5-13-19(17)20-14-6-10-16-8-2-4-12-18(16)20;1-2/h1-14H;1-2H2. The molecule has 2 N–H and O–H groups in total. The summed E-state index contributed by atoms with van der Waals surface area (Å²) in [7, 11) is 1.92. The van der Waals surface area contributed by atoms with E-state index in [1.54, 1.807) is 0 Å². The molecule has 0 saturated carbocycles. The maximum absolute atomic E-state index is 4.42. The smallest absolute Gasteiger partial charge is 0.00992 e. The Hall–Kier alpha value is -2.21. The number of fused-ring (bicyclic) bond motifs is 2. The highest BCUT2D eigenvalue weighted by Gasteiger charge is 2.06. The fraction of sp³-hybridized carbons (Fsp3) is 0. The van der Waals surface area contributed by atoms with Crippen molar-refractivity contribution in [3.05, 3.63) is 84.9 Å². The molecular weight excluding hydrogens is 285 g/mol. The Bertz CT molecular complexity index is 827. The molecular formula is C20H18NP. The molecule has 0 radical (unpaired) electrons. The van der Waals surface area contributed by atoms with Crippen LogP contribution >= 0.6 is 9.39 Å². The van der Waals surface area contributed by atoms with Crippen molar-refractivity contribution in [1.29, 1.82) is 0 Å². The van der Waals surface area contributed by atoms with Crippen LogP contribution in [0.4, 0.5) is 0 Å². The Morgan fingerprint density at radius 3 is 1.27 bits per heavy atom. The first-order chi connectivity index (χ1) is 10.9. The van der Waals surface area contributed by atoms with Crippen LogP contribution in [0.15, 0.2) is 84.9 Å². The van der Waals surface area contributed by atoms with Crippen LogP contribution in [0.5, 0.6) is 0 Å². The van der Waals surface area contributed by atoms with Crippen LogP contribution in [0.2, 0.25) is 0 Å². The second-order valence-corrected chi connectivity index (χ2v) is 5.05. The molecule has 0 aliphatic carbocycles. The van der Waals surface area contributed by atoms with Gasteiger partial charge in [-0.15, -0.1) is 0 Å². The van der Waals surface area contributed by atoms with Crippen LogP contribution in [0.25, 0.3) is 32.7 Å². The van der Waals surface area contributed by atoms with Gasteiger partial charge in [-0.2, -0.15) is 0 Å². The average Bonchev–Trinajstić information content (AvgIpc) is 2.62. The lowest BCUT2D eigenvalue weighted by Gasteiger charge is -2.10. The number of rotatable bonds is 1. The van der Waals surface area contributed by atoms with E-state index in [2.05, 4.69) is 90.4 Å². The molecule has 4 rings (SSSR count). The summed E-state index contributed by atoms with van der Waals surface area (Å²) in [5, 5.41) is 5.20. The highest BCUT2D eigenvalue weighted by molar-refractivity contribution is 7.13. The summed E-state index contributed by atoms with van der Waals surface area (Å²) >= 11 is 0. The van der Waals surface area contributed by atoms with Crippen molar-refractivity contribution >= 4 is 30.9 Å². The maximum Gasteiger partial charge on any atom is -0.00992 e. The van der Waals surface area contributed by atoms with E-state index < -0.39 is 0 Å². The minimum Gasteiger partial charge on any atom is -0.314 e. The molecule has 0 spiro atoms. The fourth-order valence-electron chi connectivity index (χ4n) is 2.92. The molecule has 4 aromatic carbocycles. The number of benzene rings is 4. The zero-order valence-corrected chi connectivity index (χ0v) is 13.4. The minimum absolute atomic E-state index is 1.29. The summed E-state index contributed by atoms with van der Waals surface area (Å²) in [6.45, 7) is 0. The highest BCUT2D eigenvalue weighted by atomic mass is 31.0. The van der Waals surface area contributed by atoms with E-state index in [0.717, 1.165) is 0 Å². The molecule has 22 heavy (non-hydrogen) atoms. The van der Waals surface area contributed by atoms with Gasteiger partial charge in [0.1, 0.15) is 0 Å². The highest BCUT2D eigenvalue weighted by Crippen LogP contribution is 2.33. The Balaban J connectivity index is 0.000000693. The zero-order chi connectivity index (χ0) is 15.4. The summed E-state index contributed by atoms with van der Waals surface area (Å²) in [6, 6.07) is 30.2. The van der Waals surface area contributed by atoms with Crippen molar-refractivity contribution in [2.45, 2.75) is 0 Å². The zero-order valence-electron chi connectivity index (χ0n) is 12.2. The van der Waals surface area contributed by atoms with E-state index in [4.69, 9.17) is 0 Å². The molecule has 108 valence electrons. The average molecular weight is 303 g/mol. The predicted octanol–water partition coefficient (Wildman–Crippen LogP) is 5.40. The lowest BCUT2D eigenvalue weighted by Crippen LogP contribution is -1.83. The topological polar surface area (TPSA) is 26.0 Å². The van der Waals surface area contributed by atoms with Crippen molar-refractivity contribution in [2.24, 2.45) is 5.50 Å². The van der Waals surface area contributed by atoms with Crippen LogP contribution in [0.3, 0.4) is 0 Å². The van der Waals surface area contributed by atoms with Gasteiger partial charge >= 0.3 is 0 Å². The minimum atomic E-state index is 1.29. The molecule has 0 saturated heterocycles. The van der Waals surface area contributed by atoms with Crippen molar-refractivity contribution in [3.8, 4) is 11.1 Å². The van der Waals surface area contributed by atoms with E-state index in [1.807, 2.05) is 9.39 Å². The van der Waals surface area contributed by atoms with Crippen LogP contribution in [-0.4, -0.2) is 0 Å². The predicted molar refractivity (Wildman–Crippen MR) is 101 cm³/mol. The van der Waals surface area contributed by atoms with Gasteiger partial charge in [-0.3, -0.25) is 0 Å². The molecule has 0 fully saturated rings. The van der Waals surface area contributed by atoms with Gasteiger partial charge in [-0.1, -0.05) is 94.3 Å². The molecule has 0 heterocycles. The van der Waals surface area contributed by atoms with E-state index in [0.29, 0.717) is 0 Å². The maximum atomic E-state index is 4.42. The summed E-state index contributed by atoms with van der Waals surface area (Å²) in [5.41, 5.74) is 7.03. The third-order valence-corrected chi connectivity index (χ3v) is 3.87. The third-order valence-electron chi connectivity index (χ3n) is 3.87. The molecule has 1 atom stereocenters. The second-order valence-electron chi connectivity index (χ2n) is 5.05. The summed E-state index contributed by atoms with van der Waals surface area (Å²) in [5.74, 6) is 0. The van der Waals surface area contributed by atoms with Crippen molar-refractivity contribution in [2.75, 3.05) is 0 Å². The second kappa shape index (κ2) is 6.70. The van der Waals surface area contributed by atoms with Crippen LogP contribution in [-0.2, 0) is 0 Å². The Kier molecular flexibility index (Phi) is 4.48. The summed E-state index contributed by atoms with van der Waals surface area (Å²) < 4.78 is 0. The first-order valence-electron chi connectivity index (χ1n) is 7.23. The van der Waals surface area contributed by atoms with Crippen molar-refractivity contribution < 1.29 is 0 Å². The van der Waals surface area contributed by atoms with Gasteiger partial charge in [-0.05, 0) is 32.7 Å². The Morgan fingerprint density at radius 1 is 0.455 bits per heavy atom. The molecule has 4 aromatic rings. The molecule has 1 unspecified atom stereocenters. The normalized spacial score (nSPS) is 10.3. The number of hydrogen-bond acceptors (Lipinski definition) is 1. The van der Waals surface area contributed by atoms with Gasteiger partial charge in [0, 0.05) is 0 Å². The molecule has 1 nitrogen and oxygen atoms in total. The Labute approximate surface area is 133 Å². The van der Waals surface area contributed by atoms with Crippen LogP contribution < -0.4 is 5.50 Å².